The molecule has 0 atom stereocenters. The lowest BCUT2D eigenvalue weighted by Crippen LogP contribution is -2.17. The molecule has 1 aromatic carbocycles. The number of aryl methyl sites for hydroxylation is 3. The van der Waals surface area contributed by atoms with Crippen molar-refractivity contribution >= 4 is 0 Å². The van der Waals surface area contributed by atoms with Crippen LogP contribution in [-0.4, -0.2) is 16.7 Å². The zero-order valence-corrected chi connectivity index (χ0v) is 11.2. The SMILES string of the molecule is Cc1ccc(CNCCc2nc(C)no2)c(C)c1. The molecule has 2 rings (SSSR count). The zero-order chi connectivity index (χ0) is 13.0. The summed E-state index contributed by atoms with van der Waals surface area (Å²) in [6.45, 7) is 7.80. The molecule has 0 amide bonds. The topological polar surface area (TPSA) is 51.0 Å². The number of benzene rings is 1. The first-order valence-electron chi connectivity index (χ1n) is 6.21. The summed E-state index contributed by atoms with van der Waals surface area (Å²) in [6.07, 6.45) is 0.770. The predicted molar refractivity (Wildman–Crippen MR) is 70.4 cm³/mol. The fourth-order valence-electron chi connectivity index (χ4n) is 1.90. The average molecular weight is 245 g/mol. The standard InChI is InChI=1S/C14H19N3O/c1-10-4-5-13(11(2)8-10)9-15-7-6-14-16-12(3)17-18-14/h4-5,8,15H,6-7,9H2,1-3H3. The van der Waals surface area contributed by atoms with Gasteiger partial charge >= 0.3 is 0 Å². The molecule has 0 unspecified atom stereocenters. The minimum atomic E-state index is 0.694. The van der Waals surface area contributed by atoms with Crippen LogP contribution in [-0.2, 0) is 13.0 Å². The van der Waals surface area contributed by atoms with E-state index in [9.17, 15) is 0 Å². The molecular formula is C14H19N3O. The van der Waals surface area contributed by atoms with Gasteiger partial charge in [0.05, 0.1) is 0 Å². The number of hydrogen-bond acceptors (Lipinski definition) is 4. The summed E-state index contributed by atoms with van der Waals surface area (Å²) in [4.78, 5) is 4.17. The van der Waals surface area contributed by atoms with Gasteiger partial charge in [-0.1, -0.05) is 28.9 Å². The van der Waals surface area contributed by atoms with Crippen LogP contribution in [0.5, 0.6) is 0 Å². The van der Waals surface area contributed by atoms with Crippen LogP contribution in [0.1, 0.15) is 28.4 Å². The second kappa shape index (κ2) is 5.78. The maximum atomic E-state index is 5.05. The summed E-state index contributed by atoms with van der Waals surface area (Å²) in [5, 5.41) is 7.16. The van der Waals surface area contributed by atoms with Crippen LogP contribution >= 0.6 is 0 Å². The molecule has 18 heavy (non-hydrogen) atoms. The Kier molecular flexibility index (Phi) is 4.10. The molecule has 4 nitrogen and oxygen atoms in total. The molecule has 96 valence electrons. The molecule has 2 aromatic rings. The van der Waals surface area contributed by atoms with Gasteiger partial charge in [0.1, 0.15) is 0 Å². The van der Waals surface area contributed by atoms with Crippen LogP contribution in [0.4, 0.5) is 0 Å². The van der Waals surface area contributed by atoms with Gasteiger partial charge in [0.2, 0.25) is 5.89 Å². The Morgan fingerprint density at radius 1 is 1.22 bits per heavy atom. The van der Waals surface area contributed by atoms with Crippen LogP contribution in [0.3, 0.4) is 0 Å². The van der Waals surface area contributed by atoms with E-state index >= 15 is 0 Å². The maximum absolute atomic E-state index is 5.05. The molecule has 0 fully saturated rings. The van der Waals surface area contributed by atoms with Gasteiger partial charge in [-0.3, -0.25) is 0 Å². The Labute approximate surface area is 107 Å². The van der Waals surface area contributed by atoms with Gasteiger partial charge in [0.25, 0.3) is 0 Å². The third kappa shape index (κ3) is 3.40. The molecule has 0 radical (unpaired) electrons. The van der Waals surface area contributed by atoms with Crippen molar-refractivity contribution in [2.45, 2.75) is 33.7 Å². The third-order valence-corrected chi connectivity index (χ3v) is 2.90. The Balaban J connectivity index is 1.78. The van der Waals surface area contributed by atoms with E-state index in [-0.39, 0.29) is 0 Å². The summed E-state index contributed by atoms with van der Waals surface area (Å²) in [5.74, 6) is 1.39. The quantitative estimate of drug-likeness (QED) is 0.821. The number of aromatic nitrogens is 2. The van der Waals surface area contributed by atoms with Gasteiger partial charge in [0, 0.05) is 19.5 Å². The molecule has 0 aliphatic heterocycles. The molecule has 4 heteroatoms. The normalized spacial score (nSPS) is 10.8. The summed E-state index contributed by atoms with van der Waals surface area (Å²) < 4.78 is 5.05. The average Bonchev–Trinajstić information content (AvgIpc) is 2.73. The largest absolute Gasteiger partial charge is 0.339 e. The number of nitrogens with zero attached hydrogens (tertiary/aromatic N) is 2. The Morgan fingerprint density at radius 3 is 2.72 bits per heavy atom. The minimum Gasteiger partial charge on any atom is -0.339 e. The van der Waals surface area contributed by atoms with Crippen molar-refractivity contribution in [2.75, 3.05) is 6.54 Å². The van der Waals surface area contributed by atoms with E-state index in [0.717, 1.165) is 19.5 Å². The first-order valence-corrected chi connectivity index (χ1v) is 6.21. The van der Waals surface area contributed by atoms with E-state index in [2.05, 4.69) is 47.5 Å². The van der Waals surface area contributed by atoms with E-state index in [4.69, 9.17) is 4.52 Å². The van der Waals surface area contributed by atoms with Crippen LogP contribution in [0.15, 0.2) is 22.7 Å². The summed E-state index contributed by atoms with van der Waals surface area (Å²) in [6, 6.07) is 6.53. The summed E-state index contributed by atoms with van der Waals surface area (Å²) in [7, 11) is 0. The maximum Gasteiger partial charge on any atom is 0.227 e. The zero-order valence-electron chi connectivity index (χ0n) is 11.2. The predicted octanol–water partition coefficient (Wildman–Crippen LogP) is 2.33. The van der Waals surface area contributed by atoms with Gasteiger partial charge in [0.15, 0.2) is 5.82 Å². The van der Waals surface area contributed by atoms with Gasteiger partial charge in [-0.15, -0.1) is 0 Å². The molecule has 1 N–H and O–H groups in total. The van der Waals surface area contributed by atoms with Crippen LogP contribution in [0, 0.1) is 20.8 Å². The van der Waals surface area contributed by atoms with Crippen molar-refractivity contribution in [3.8, 4) is 0 Å². The third-order valence-electron chi connectivity index (χ3n) is 2.90. The Morgan fingerprint density at radius 2 is 2.06 bits per heavy atom. The van der Waals surface area contributed by atoms with Crippen molar-refractivity contribution in [2.24, 2.45) is 0 Å². The molecule has 0 aliphatic rings. The molecule has 0 aliphatic carbocycles. The van der Waals surface area contributed by atoms with E-state index in [1.54, 1.807) is 0 Å². The van der Waals surface area contributed by atoms with Crippen molar-refractivity contribution in [1.29, 1.82) is 0 Å². The molecule has 0 saturated heterocycles. The molecule has 0 spiro atoms. The van der Waals surface area contributed by atoms with Crippen molar-refractivity contribution < 1.29 is 4.52 Å². The lowest BCUT2D eigenvalue weighted by Gasteiger charge is -2.07. The highest BCUT2D eigenvalue weighted by atomic mass is 16.5. The molecule has 1 heterocycles. The molecule has 1 aromatic heterocycles. The lowest BCUT2D eigenvalue weighted by molar-refractivity contribution is 0.372. The second-order valence-electron chi connectivity index (χ2n) is 4.59. The fourth-order valence-corrected chi connectivity index (χ4v) is 1.90. The fraction of sp³-hybridized carbons (Fsp3) is 0.429. The first kappa shape index (κ1) is 12.8. The smallest absolute Gasteiger partial charge is 0.227 e. The van der Waals surface area contributed by atoms with E-state index < -0.39 is 0 Å². The van der Waals surface area contributed by atoms with Crippen LogP contribution in [0.2, 0.25) is 0 Å². The van der Waals surface area contributed by atoms with Gasteiger partial charge in [-0.2, -0.15) is 4.98 Å². The van der Waals surface area contributed by atoms with Gasteiger partial charge in [-0.05, 0) is 31.9 Å². The van der Waals surface area contributed by atoms with E-state index in [0.29, 0.717) is 11.7 Å². The summed E-state index contributed by atoms with van der Waals surface area (Å²) in [5.41, 5.74) is 3.97. The molecule has 0 saturated carbocycles. The monoisotopic (exact) mass is 245 g/mol. The Bertz CT molecular complexity index is 520. The van der Waals surface area contributed by atoms with Gasteiger partial charge < -0.3 is 9.84 Å². The number of hydrogen-bond donors (Lipinski definition) is 1. The van der Waals surface area contributed by atoms with Crippen molar-refractivity contribution in [3.63, 3.8) is 0 Å². The van der Waals surface area contributed by atoms with E-state index in [1.165, 1.54) is 16.7 Å². The van der Waals surface area contributed by atoms with Crippen LogP contribution < -0.4 is 5.32 Å². The first-order chi connectivity index (χ1) is 8.65. The minimum absolute atomic E-state index is 0.694. The van der Waals surface area contributed by atoms with Gasteiger partial charge in [-0.25, -0.2) is 0 Å². The van der Waals surface area contributed by atoms with E-state index in [1.807, 2.05) is 6.92 Å². The lowest BCUT2D eigenvalue weighted by atomic mass is 10.1. The number of rotatable bonds is 5. The number of nitrogens with one attached hydrogen (secondary N) is 1. The highest BCUT2D eigenvalue weighted by Crippen LogP contribution is 2.10. The van der Waals surface area contributed by atoms with Crippen LogP contribution in [0.25, 0.3) is 0 Å². The highest BCUT2D eigenvalue weighted by Gasteiger charge is 2.02. The van der Waals surface area contributed by atoms with Crippen molar-refractivity contribution in [3.05, 3.63) is 46.6 Å². The molecule has 0 bridgehead atoms. The highest BCUT2D eigenvalue weighted by molar-refractivity contribution is 5.30. The molecular weight excluding hydrogens is 226 g/mol. The second-order valence-corrected chi connectivity index (χ2v) is 4.59. The Hall–Kier alpha value is -1.68. The van der Waals surface area contributed by atoms with Crippen molar-refractivity contribution in [1.82, 2.24) is 15.5 Å². The summed E-state index contributed by atoms with van der Waals surface area (Å²) >= 11 is 0.